The predicted octanol–water partition coefficient (Wildman–Crippen LogP) is 1.47. The monoisotopic (exact) mass is 316 g/mol. The Morgan fingerprint density at radius 3 is 2.43 bits per heavy atom. The normalized spacial score (nSPS) is 11.3. The molecular weight excluding hydrogens is 300 g/mol. The molecule has 0 aliphatic carbocycles. The fourth-order valence-corrected chi connectivity index (χ4v) is 1.85. The van der Waals surface area contributed by atoms with Gasteiger partial charge in [0.2, 0.25) is 0 Å². The largest absolute Gasteiger partial charge is 0.465 e. The van der Waals surface area contributed by atoms with Crippen molar-refractivity contribution in [1.82, 2.24) is 9.99 Å². The molecule has 4 N–H and O–H groups in total. The summed E-state index contributed by atoms with van der Waals surface area (Å²) in [5.74, 6) is -0.988. The molecule has 1 atom stereocenters. The number of rotatable bonds is 5. The zero-order chi connectivity index (χ0) is 16.8. The Bertz CT molecular complexity index is 711. The second kappa shape index (κ2) is 7.12. The molecule has 1 heterocycles. The third-order valence-corrected chi connectivity index (χ3v) is 2.98. The third-order valence-electron chi connectivity index (χ3n) is 2.98. The lowest BCUT2D eigenvalue weighted by Gasteiger charge is -2.15. The maximum absolute atomic E-state index is 12.2. The molecule has 0 spiro atoms. The molecule has 8 nitrogen and oxygen atoms in total. The van der Waals surface area contributed by atoms with Gasteiger partial charge in [0.05, 0.1) is 0 Å². The van der Waals surface area contributed by atoms with E-state index in [1.165, 1.54) is 23.9 Å². The lowest BCUT2D eigenvalue weighted by molar-refractivity contribution is -0.118. The average molecular weight is 316 g/mol. The number of nitrogens with one attached hydrogen (secondary N) is 3. The number of carbonyl (C=O) groups is 3. The van der Waals surface area contributed by atoms with E-state index in [0.29, 0.717) is 5.69 Å². The van der Waals surface area contributed by atoms with Crippen LogP contribution in [0.2, 0.25) is 0 Å². The van der Waals surface area contributed by atoms with Crippen LogP contribution in [-0.4, -0.2) is 33.7 Å². The van der Waals surface area contributed by atoms with Crippen LogP contribution in [-0.2, 0) is 4.79 Å². The first-order chi connectivity index (χ1) is 11.0. The minimum Gasteiger partial charge on any atom is -0.465 e. The van der Waals surface area contributed by atoms with E-state index in [9.17, 15) is 14.4 Å². The summed E-state index contributed by atoms with van der Waals surface area (Å²) in [5, 5.41) is 13.3. The van der Waals surface area contributed by atoms with Crippen LogP contribution in [0.15, 0.2) is 48.7 Å². The SMILES string of the molecule is CC(NC(=O)O)C(=O)Nn1cccc1C(=O)Nc1ccccc1. The second-order valence-electron chi connectivity index (χ2n) is 4.73. The molecular formula is C15H16N4O4. The van der Waals surface area contributed by atoms with E-state index >= 15 is 0 Å². The molecule has 0 aliphatic rings. The smallest absolute Gasteiger partial charge is 0.405 e. The molecule has 1 unspecified atom stereocenters. The molecule has 0 fully saturated rings. The van der Waals surface area contributed by atoms with Gasteiger partial charge in [0, 0.05) is 11.9 Å². The molecule has 1 aromatic carbocycles. The van der Waals surface area contributed by atoms with Crippen LogP contribution in [0.25, 0.3) is 0 Å². The fourth-order valence-electron chi connectivity index (χ4n) is 1.85. The summed E-state index contributed by atoms with van der Waals surface area (Å²) in [5.41, 5.74) is 3.29. The number of carbonyl (C=O) groups excluding carboxylic acids is 2. The number of nitrogens with zero attached hydrogens (tertiary/aromatic N) is 1. The Kier molecular flexibility index (Phi) is 4.98. The molecule has 1 aromatic heterocycles. The van der Waals surface area contributed by atoms with Crippen molar-refractivity contribution in [2.45, 2.75) is 13.0 Å². The summed E-state index contributed by atoms with van der Waals surface area (Å²) in [7, 11) is 0. The zero-order valence-corrected chi connectivity index (χ0v) is 12.3. The van der Waals surface area contributed by atoms with Crippen LogP contribution in [0.5, 0.6) is 0 Å². The van der Waals surface area contributed by atoms with Crippen molar-refractivity contribution < 1.29 is 19.5 Å². The van der Waals surface area contributed by atoms with Gasteiger partial charge in [-0.25, -0.2) is 4.79 Å². The second-order valence-corrected chi connectivity index (χ2v) is 4.73. The maximum Gasteiger partial charge on any atom is 0.405 e. The summed E-state index contributed by atoms with van der Waals surface area (Å²) in [6.45, 7) is 1.40. The van der Waals surface area contributed by atoms with Crippen molar-refractivity contribution in [3.8, 4) is 0 Å². The average Bonchev–Trinajstić information content (AvgIpc) is 2.95. The van der Waals surface area contributed by atoms with Crippen LogP contribution in [0.4, 0.5) is 10.5 Å². The Morgan fingerprint density at radius 1 is 1.09 bits per heavy atom. The minimum atomic E-state index is -1.30. The predicted molar refractivity (Wildman–Crippen MR) is 83.8 cm³/mol. The number of amides is 3. The van der Waals surface area contributed by atoms with E-state index < -0.39 is 23.9 Å². The van der Waals surface area contributed by atoms with E-state index in [4.69, 9.17) is 5.11 Å². The van der Waals surface area contributed by atoms with E-state index in [0.717, 1.165) is 0 Å². The molecule has 23 heavy (non-hydrogen) atoms. The number of hydrogen-bond acceptors (Lipinski definition) is 3. The van der Waals surface area contributed by atoms with Gasteiger partial charge in [-0.1, -0.05) is 18.2 Å². The highest BCUT2D eigenvalue weighted by Gasteiger charge is 2.18. The summed E-state index contributed by atoms with van der Waals surface area (Å²) in [6.07, 6.45) is 0.188. The summed E-state index contributed by atoms with van der Waals surface area (Å²) < 4.78 is 1.24. The lowest BCUT2D eigenvalue weighted by Crippen LogP contribution is -2.43. The van der Waals surface area contributed by atoms with Gasteiger partial charge < -0.3 is 15.7 Å². The summed E-state index contributed by atoms with van der Waals surface area (Å²) in [4.78, 5) is 34.7. The van der Waals surface area contributed by atoms with Crippen LogP contribution >= 0.6 is 0 Å². The van der Waals surface area contributed by atoms with Gasteiger partial charge in [-0.3, -0.25) is 19.7 Å². The van der Waals surface area contributed by atoms with Gasteiger partial charge in [0.1, 0.15) is 11.7 Å². The quantitative estimate of drug-likeness (QED) is 0.669. The van der Waals surface area contributed by atoms with Gasteiger partial charge in [-0.15, -0.1) is 0 Å². The van der Waals surface area contributed by atoms with Crippen LogP contribution in [0.3, 0.4) is 0 Å². The zero-order valence-electron chi connectivity index (χ0n) is 12.3. The molecule has 2 aromatic rings. The number of anilines is 1. The number of hydrogen-bond donors (Lipinski definition) is 4. The number of benzene rings is 1. The van der Waals surface area contributed by atoms with Crippen molar-refractivity contribution in [2.75, 3.05) is 10.7 Å². The first-order valence-electron chi connectivity index (χ1n) is 6.81. The molecule has 3 amide bonds. The summed E-state index contributed by atoms with van der Waals surface area (Å²) >= 11 is 0. The van der Waals surface area contributed by atoms with E-state index in [-0.39, 0.29) is 5.69 Å². The summed E-state index contributed by atoms with van der Waals surface area (Å²) in [6, 6.07) is 11.1. The Hall–Kier alpha value is -3.29. The van der Waals surface area contributed by atoms with Gasteiger partial charge in [-0.05, 0) is 31.2 Å². The first kappa shape index (κ1) is 16.1. The number of aromatic nitrogens is 1. The molecule has 0 bridgehead atoms. The maximum atomic E-state index is 12.2. The van der Waals surface area contributed by atoms with E-state index in [2.05, 4.69) is 10.7 Å². The topological polar surface area (TPSA) is 112 Å². The highest BCUT2D eigenvalue weighted by atomic mass is 16.4. The molecule has 0 saturated heterocycles. The minimum absolute atomic E-state index is 0.213. The highest BCUT2D eigenvalue weighted by molar-refractivity contribution is 6.03. The van der Waals surface area contributed by atoms with Crippen molar-refractivity contribution in [3.63, 3.8) is 0 Å². The molecule has 0 saturated carbocycles. The van der Waals surface area contributed by atoms with Gasteiger partial charge in [0.15, 0.2) is 0 Å². The van der Waals surface area contributed by atoms with Crippen LogP contribution in [0.1, 0.15) is 17.4 Å². The third kappa shape index (κ3) is 4.34. The first-order valence-corrected chi connectivity index (χ1v) is 6.81. The van der Waals surface area contributed by atoms with Crippen molar-refractivity contribution in [1.29, 1.82) is 0 Å². The molecule has 2 rings (SSSR count). The lowest BCUT2D eigenvalue weighted by atomic mass is 10.3. The van der Waals surface area contributed by atoms with Gasteiger partial charge >= 0.3 is 6.09 Å². The Morgan fingerprint density at radius 2 is 1.78 bits per heavy atom. The van der Waals surface area contributed by atoms with Gasteiger partial charge in [-0.2, -0.15) is 0 Å². The highest BCUT2D eigenvalue weighted by Crippen LogP contribution is 2.09. The number of carboxylic acid groups (broad SMARTS) is 1. The molecule has 8 heteroatoms. The van der Waals surface area contributed by atoms with Crippen molar-refractivity contribution in [3.05, 3.63) is 54.4 Å². The molecule has 120 valence electrons. The van der Waals surface area contributed by atoms with Crippen LogP contribution < -0.4 is 16.1 Å². The van der Waals surface area contributed by atoms with E-state index in [1.54, 1.807) is 30.3 Å². The van der Waals surface area contributed by atoms with E-state index in [1.807, 2.05) is 11.4 Å². The fraction of sp³-hybridized carbons (Fsp3) is 0.133. The van der Waals surface area contributed by atoms with Crippen molar-refractivity contribution in [2.24, 2.45) is 0 Å². The molecule has 0 aliphatic heterocycles. The van der Waals surface area contributed by atoms with Gasteiger partial charge in [0.25, 0.3) is 11.8 Å². The van der Waals surface area contributed by atoms with Crippen molar-refractivity contribution >= 4 is 23.6 Å². The Balaban J connectivity index is 2.05. The molecule has 0 radical (unpaired) electrons. The standard InChI is InChI=1S/C15H16N4O4/c1-10(16-15(22)23)13(20)18-19-9-5-8-12(19)14(21)17-11-6-3-2-4-7-11/h2-10,16H,1H3,(H,17,21)(H,18,20)(H,22,23). The number of para-hydroxylation sites is 1. The van der Waals surface area contributed by atoms with Crippen LogP contribution in [0, 0.1) is 0 Å². The Labute approximate surface area is 132 Å².